The van der Waals surface area contributed by atoms with E-state index in [0.29, 0.717) is 5.02 Å². The van der Waals surface area contributed by atoms with Crippen molar-refractivity contribution in [3.8, 4) is 0 Å². The fourth-order valence-electron chi connectivity index (χ4n) is 3.24. The zero-order valence-electron chi connectivity index (χ0n) is 13.6. The van der Waals surface area contributed by atoms with Gasteiger partial charge in [-0.15, -0.1) is 0 Å². The van der Waals surface area contributed by atoms with Gasteiger partial charge in [0.25, 0.3) is 5.91 Å². The first-order chi connectivity index (χ1) is 11.9. The number of aliphatic carboxylic acids is 1. The van der Waals surface area contributed by atoms with Gasteiger partial charge in [0.15, 0.2) is 0 Å². The van der Waals surface area contributed by atoms with E-state index in [0.717, 1.165) is 11.1 Å². The van der Waals surface area contributed by atoms with Crippen LogP contribution in [0.15, 0.2) is 42.5 Å². The van der Waals surface area contributed by atoms with Crippen molar-refractivity contribution in [3.05, 3.63) is 70.0 Å². The van der Waals surface area contributed by atoms with E-state index in [1.165, 1.54) is 17.0 Å². The molecule has 6 heteroatoms. The smallest absolute Gasteiger partial charge is 0.308 e. The zero-order chi connectivity index (χ0) is 18.1. The molecule has 2 aromatic rings. The highest BCUT2D eigenvalue weighted by Gasteiger charge is 2.41. The van der Waals surface area contributed by atoms with E-state index in [1.54, 1.807) is 37.3 Å². The minimum Gasteiger partial charge on any atom is -0.481 e. The molecule has 0 radical (unpaired) electrons. The van der Waals surface area contributed by atoms with Crippen molar-refractivity contribution >= 4 is 23.5 Å². The Morgan fingerprint density at radius 2 is 1.84 bits per heavy atom. The SMILES string of the molecule is Cc1ccc(F)c(C(=O)N2C[C@@H](C(=O)O)[C@H](c3ccc(Cl)cc3)C2)c1. The number of carbonyl (C=O) groups is 2. The lowest BCUT2D eigenvalue weighted by atomic mass is 9.89. The number of hydrogen-bond donors (Lipinski definition) is 1. The summed E-state index contributed by atoms with van der Waals surface area (Å²) in [4.78, 5) is 25.7. The molecule has 1 aliphatic rings. The number of likely N-dealkylation sites (tertiary alicyclic amines) is 1. The number of hydrogen-bond acceptors (Lipinski definition) is 2. The van der Waals surface area contributed by atoms with Gasteiger partial charge in [-0.25, -0.2) is 4.39 Å². The largest absolute Gasteiger partial charge is 0.481 e. The molecule has 3 rings (SSSR count). The van der Waals surface area contributed by atoms with Gasteiger partial charge in [-0.2, -0.15) is 0 Å². The van der Waals surface area contributed by atoms with Crippen LogP contribution in [-0.4, -0.2) is 35.0 Å². The summed E-state index contributed by atoms with van der Waals surface area (Å²) in [6.45, 7) is 2.05. The Morgan fingerprint density at radius 3 is 2.48 bits per heavy atom. The van der Waals surface area contributed by atoms with Crippen molar-refractivity contribution < 1.29 is 19.1 Å². The maximum absolute atomic E-state index is 14.0. The van der Waals surface area contributed by atoms with Crippen molar-refractivity contribution in [2.24, 2.45) is 5.92 Å². The standard InChI is InChI=1S/C19H17ClFNO3/c1-11-2-7-17(21)14(8-11)18(23)22-9-15(16(10-22)19(24)25)12-3-5-13(20)6-4-12/h2-8,15-16H,9-10H2,1H3,(H,24,25)/t15-,16+/m0/s1. The Hall–Kier alpha value is -2.40. The monoisotopic (exact) mass is 361 g/mol. The second-order valence-electron chi connectivity index (χ2n) is 6.30. The number of benzene rings is 2. The molecule has 1 N–H and O–H groups in total. The second-order valence-corrected chi connectivity index (χ2v) is 6.73. The summed E-state index contributed by atoms with van der Waals surface area (Å²) in [6, 6.07) is 11.3. The maximum Gasteiger partial charge on any atom is 0.308 e. The highest BCUT2D eigenvalue weighted by molar-refractivity contribution is 6.30. The number of carboxylic acids is 1. The van der Waals surface area contributed by atoms with Crippen LogP contribution in [0.4, 0.5) is 4.39 Å². The number of rotatable bonds is 3. The Kier molecular flexibility index (Phi) is 4.77. The lowest BCUT2D eigenvalue weighted by molar-refractivity contribution is -0.141. The van der Waals surface area contributed by atoms with Gasteiger partial charge < -0.3 is 10.0 Å². The molecule has 1 aliphatic heterocycles. The average Bonchev–Trinajstić information content (AvgIpc) is 3.02. The third-order valence-corrected chi connectivity index (χ3v) is 4.83. The third kappa shape index (κ3) is 3.51. The van der Waals surface area contributed by atoms with E-state index in [2.05, 4.69) is 0 Å². The first-order valence-electron chi connectivity index (χ1n) is 7.90. The fraction of sp³-hybridized carbons (Fsp3) is 0.263. The van der Waals surface area contributed by atoms with Crippen molar-refractivity contribution in [3.63, 3.8) is 0 Å². The lowest BCUT2D eigenvalue weighted by Crippen LogP contribution is -2.30. The number of carbonyl (C=O) groups excluding carboxylic acids is 1. The number of nitrogens with zero attached hydrogens (tertiary/aromatic N) is 1. The molecule has 2 aromatic carbocycles. The van der Waals surface area contributed by atoms with Crippen LogP contribution in [-0.2, 0) is 4.79 Å². The highest BCUT2D eigenvalue weighted by atomic mass is 35.5. The van der Waals surface area contributed by atoms with Gasteiger partial charge in [0.2, 0.25) is 0 Å². The van der Waals surface area contributed by atoms with E-state index in [1.807, 2.05) is 0 Å². The molecule has 0 aromatic heterocycles. The Balaban J connectivity index is 1.89. The van der Waals surface area contributed by atoms with Gasteiger partial charge >= 0.3 is 5.97 Å². The van der Waals surface area contributed by atoms with Gasteiger partial charge in [0, 0.05) is 24.0 Å². The highest BCUT2D eigenvalue weighted by Crippen LogP contribution is 2.34. The third-order valence-electron chi connectivity index (χ3n) is 4.57. The Bertz CT molecular complexity index is 822. The van der Waals surface area contributed by atoms with Crippen molar-refractivity contribution in [2.75, 3.05) is 13.1 Å². The number of carboxylic acid groups (broad SMARTS) is 1. The van der Waals surface area contributed by atoms with E-state index in [4.69, 9.17) is 11.6 Å². The van der Waals surface area contributed by atoms with Crippen LogP contribution in [0.2, 0.25) is 5.02 Å². The van der Waals surface area contributed by atoms with E-state index >= 15 is 0 Å². The van der Waals surface area contributed by atoms with Crippen molar-refractivity contribution in [1.29, 1.82) is 0 Å². The molecule has 1 amide bonds. The normalized spacial score (nSPS) is 19.9. The van der Waals surface area contributed by atoms with Crippen molar-refractivity contribution in [2.45, 2.75) is 12.8 Å². The summed E-state index contributed by atoms with van der Waals surface area (Å²) in [6.07, 6.45) is 0. The molecule has 0 bridgehead atoms. The molecule has 130 valence electrons. The predicted molar refractivity (Wildman–Crippen MR) is 92.4 cm³/mol. The molecular weight excluding hydrogens is 345 g/mol. The zero-order valence-corrected chi connectivity index (χ0v) is 14.3. The van der Waals surface area contributed by atoms with Gasteiger partial charge in [-0.1, -0.05) is 35.4 Å². The van der Waals surface area contributed by atoms with Gasteiger partial charge in [-0.05, 0) is 36.8 Å². The molecule has 0 unspecified atom stereocenters. The van der Waals surface area contributed by atoms with Crippen LogP contribution in [0, 0.1) is 18.7 Å². The first kappa shape index (κ1) is 17.4. The fourth-order valence-corrected chi connectivity index (χ4v) is 3.37. The van der Waals surface area contributed by atoms with Gasteiger partial charge in [0.05, 0.1) is 11.5 Å². The molecule has 1 saturated heterocycles. The van der Waals surface area contributed by atoms with E-state index in [-0.39, 0.29) is 24.6 Å². The number of halogens is 2. The Morgan fingerprint density at radius 1 is 1.16 bits per heavy atom. The van der Waals surface area contributed by atoms with E-state index < -0.39 is 23.6 Å². The summed E-state index contributed by atoms with van der Waals surface area (Å²) >= 11 is 5.89. The van der Waals surface area contributed by atoms with Crippen molar-refractivity contribution in [1.82, 2.24) is 4.90 Å². The van der Waals surface area contributed by atoms with Crippen LogP contribution in [0.25, 0.3) is 0 Å². The molecule has 25 heavy (non-hydrogen) atoms. The van der Waals surface area contributed by atoms with Gasteiger partial charge in [0.1, 0.15) is 5.82 Å². The first-order valence-corrected chi connectivity index (χ1v) is 8.28. The summed E-state index contributed by atoms with van der Waals surface area (Å²) in [5.74, 6) is -3.15. The molecular formula is C19H17ClFNO3. The second kappa shape index (κ2) is 6.84. The molecule has 1 fully saturated rings. The minimum absolute atomic E-state index is 0.0269. The van der Waals surface area contributed by atoms with Crippen LogP contribution >= 0.6 is 11.6 Å². The summed E-state index contributed by atoms with van der Waals surface area (Å²) < 4.78 is 14.0. The molecule has 0 saturated carbocycles. The van der Waals surface area contributed by atoms with Gasteiger partial charge in [-0.3, -0.25) is 9.59 Å². The van der Waals surface area contributed by atoms with Crippen LogP contribution in [0.5, 0.6) is 0 Å². The molecule has 4 nitrogen and oxygen atoms in total. The predicted octanol–water partition coefficient (Wildman–Crippen LogP) is 3.73. The summed E-state index contributed by atoms with van der Waals surface area (Å²) in [5, 5.41) is 10.1. The maximum atomic E-state index is 14.0. The molecule has 0 spiro atoms. The quantitative estimate of drug-likeness (QED) is 0.906. The topological polar surface area (TPSA) is 57.6 Å². The molecule has 2 atom stereocenters. The molecule has 1 heterocycles. The van der Waals surface area contributed by atoms with Crippen LogP contribution in [0.1, 0.15) is 27.4 Å². The summed E-state index contributed by atoms with van der Waals surface area (Å²) in [5.41, 5.74) is 1.55. The lowest BCUT2D eigenvalue weighted by Gasteiger charge is -2.17. The van der Waals surface area contributed by atoms with Crippen LogP contribution < -0.4 is 0 Å². The Labute approximate surface area is 149 Å². The van der Waals surface area contributed by atoms with Crippen LogP contribution in [0.3, 0.4) is 0 Å². The minimum atomic E-state index is -0.972. The molecule has 0 aliphatic carbocycles. The number of aryl methyl sites for hydroxylation is 1. The number of amides is 1. The van der Waals surface area contributed by atoms with E-state index in [9.17, 15) is 19.1 Å². The summed E-state index contributed by atoms with van der Waals surface area (Å²) in [7, 11) is 0. The average molecular weight is 362 g/mol.